The summed E-state index contributed by atoms with van der Waals surface area (Å²) in [5, 5.41) is 16.3. The lowest BCUT2D eigenvalue weighted by Gasteiger charge is -2.33. The second-order valence-corrected chi connectivity index (χ2v) is 15.1. The predicted octanol–water partition coefficient (Wildman–Crippen LogP) is 2.60. The van der Waals surface area contributed by atoms with Crippen LogP contribution in [0, 0.1) is 0 Å². The van der Waals surface area contributed by atoms with E-state index in [1.165, 1.54) is 0 Å². The zero-order chi connectivity index (χ0) is 48.0. The van der Waals surface area contributed by atoms with Crippen LogP contribution in [0.3, 0.4) is 0 Å². The van der Waals surface area contributed by atoms with E-state index in [-0.39, 0.29) is 98.2 Å². The van der Waals surface area contributed by atoms with E-state index in [1.807, 2.05) is 0 Å². The van der Waals surface area contributed by atoms with Crippen molar-refractivity contribution in [1.29, 1.82) is 0 Å². The number of aromatic nitrogens is 2. The first-order valence-corrected chi connectivity index (χ1v) is 20.9. The zero-order valence-electron chi connectivity index (χ0n) is 35.7. The molecule has 14 N–H and O–H groups in total. The Morgan fingerprint density at radius 1 is 0.561 bits per heavy atom. The molecule has 0 unspecified atom stereocenters. The number of nitrogens with two attached hydrogens (primary N) is 4. The van der Waals surface area contributed by atoms with Crippen molar-refractivity contribution in [2.24, 2.45) is 32.9 Å². The Bertz CT molecular complexity index is 2120. The van der Waals surface area contributed by atoms with Gasteiger partial charge in [0.05, 0.1) is 45.3 Å². The van der Waals surface area contributed by atoms with E-state index < -0.39 is 58.5 Å². The molecule has 66 heavy (non-hydrogen) atoms. The van der Waals surface area contributed by atoms with Crippen LogP contribution in [0.2, 0.25) is 0 Å². The Morgan fingerprint density at radius 2 is 0.909 bits per heavy atom. The number of nitrogens with zero attached hydrogens (tertiary/aromatic N) is 6. The molecule has 20 nitrogen and oxygen atoms in total. The van der Waals surface area contributed by atoms with Gasteiger partial charge in [0.25, 0.3) is 11.8 Å². The van der Waals surface area contributed by atoms with Gasteiger partial charge in [-0.2, -0.15) is 26.3 Å². The van der Waals surface area contributed by atoms with Crippen molar-refractivity contribution in [2.45, 2.75) is 50.9 Å². The highest BCUT2D eigenvalue weighted by molar-refractivity contribution is 6.11. The zero-order valence-corrected chi connectivity index (χ0v) is 35.7. The summed E-state index contributed by atoms with van der Waals surface area (Å²) in [6.45, 7) is 3.31. The van der Waals surface area contributed by atoms with Crippen molar-refractivity contribution >= 4 is 69.7 Å². The largest absolute Gasteiger partial charge is 0.416 e. The summed E-state index contributed by atoms with van der Waals surface area (Å²) in [6.07, 6.45) is -7.73. The number of amides is 4. The molecule has 5 rings (SSSR count). The quantitative estimate of drug-likeness (QED) is 0.0380. The lowest BCUT2D eigenvalue weighted by molar-refractivity contribution is -0.138. The number of nitrogens with one attached hydrogen (secondary N) is 6. The maximum absolute atomic E-state index is 14.4. The molecule has 2 fully saturated rings. The van der Waals surface area contributed by atoms with Gasteiger partial charge < -0.3 is 64.6 Å². The SMILES string of the molecule is NC(N)=NCCCCC(=O)Nc1cc(C(F)(F)F)cc(NC(=O)c2cc(C(=O)Nc3cc(C(F)(F)F)cc(NC(=O)CCCCN=C(N)N)c3N3CCNCC3)ncn2)c1N1CCNCC1. The lowest BCUT2D eigenvalue weighted by atomic mass is 10.1. The second-order valence-electron chi connectivity index (χ2n) is 15.1. The van der Waals surface area contributed by atoms with Crippen LogP contribution in [0.4, 0.5) is 60.5 Å². The number of halogens is 6. The van der Waals surface area contributed by atoms with Crippen LogP contribution in [-0.2, 0) is 21.9 Å². The van der Waals surface area contributed by atoms with Gasteiger partial charge in [0.15, 0.2) is 11.9 Å². The van der Waals surface area contributed by atoms with Crippen LogP contribution in [0.25, 0.3) is 0 Å². The third-order valence-electron chi connectivity index (χ3n) is 10.1. The summed E-state index contributed by atoms with van der Waals surface area (Å²) in [5.74, 6) is -3.63. The number of guanidine groups is 2. The van der Waals surface area contributed by atoms with Crippen LogP contribution in [0.1, 0.15) is 70.6 Å². The molecule has 0 aliphatic carbocycles. The number of piperazine rings is 2. The monoisotopic (exact) mass is 934 g/mol. The molecule has 0 atom stereocenters. The second kappa shape index (κ2) is 22.8. The fourth-order valence-corrected chi connectivity index (χ4v) is 7.05. The van der Waals surface area contributed by atoms with Gasteiger partial charge in [-0.15, -0.1) is 0 Å². The molecule has 3 heterocycles. The van der Waals surface area contributed by atoms with Crippen molar-refractivity contribution in [3.8, 4) is 0 Å². The number of unbranched alkanes of at least 4 members (excludes halogenated alkanes) is 2. The van der Waals surface area contributed by atoms with Gasteiger partial charge in [0.2, 0.25) is 11.8 Å². The van der Waals surface area contributed by atoms with E-state index >= 15 is 0 Å². The minimum Gasteiger partial charge on any atom is -0.370 e. The Balaban J connectivity index is 1.45. The minimum atomic E-state index is -4.92. The summed E-state index contributed by atoms with van der Waals surface area (Å²) < 4.78 is 86.2. The fourth-order valence-electron chi connectivity index (χ4n) is 7.05. The first kappa shape index (κ1) is 50.0. The average Bonchev–Trinajstić information content (AvgIpc) is 3.25. The number of carbonyl (C=O) groups is 4. The maximum atomic E-state index is 14.4. The molecule has 358 valence electrons. The topological polar surface area (TPSA) is 302 Å². The maximum Gasteiger partial charge on any atom is 0.416 e. The van der Waals surface area contributed by atoms with Crippen molar-refractivity contribution < 1.29 is 45.5 Å². The number of aliphatic imine (C=N–C) groups is 2. The number of rotatable bonds is 18. The third kappa shape index (κ3) is 14.5. The Kier molecular flexibility index (Phi) is 17.3. The van der Waals surface area contributed by atoms with Crippen LogP contribution in [0.15, 0.2) is 46.6 Å². The summed E-state index contributed by atoms with van der Waals surface area (Å²) in [5.41, 5.74) is 17.0. The fraction of sp³-hybridized carbons (Fsp3) is 0.450. The highest BCUT2D eigenvalue weighted by atomic mass is 19.4. The van der Waals surface area contributed by atoms with Crippen molar-refractivity contribution in [1.82, 2.24) is 20.6 Å². The highest BCUT2D eigenvalue weighted by Crippen LogP contribution is 2.43. The smallest absolute Gasteiger partial charge is 0.370 e. The number of carbonyl (C=O) groups excluding carboxylic acids is 4. The van der Waals surface area contributed by atoms with Crippen LogP contribution in [-0.4, -0.2) is 111 Å². The van der Waals surface area contributed by atoms with E-state index in [4.69, 9.17) is 22.9 Å². The van der Waals surface area contributed by atoms with E-state index in [2.05, 4.69) is 51.9 Å². The average molecular weight is 935 g/mol. The summed E-state index contributed by atoms with van der Waals surface area (Å²) >= 11 is 0. The molecule has 4 amide bonds. The first-order valence-electron chi connectivity index (χ1n) is 20.9. The Hall–Kier alpha value is -6.96. The van der Waals surface area contributed by atoms with Gasteiger partial charge in [0.1, 0.15) is 17.7 Å². The Labute approximate surface area is 374 Å². The molecule has 3 aromatic rings. The van der Waals surface area contributed by atoms with Crippen LogP contribution in [0.5, 0.6) is 0 Å². The van der Waals surface area contributed by atoms with Crippen molar-refractivity contribution in [3.05, 3.63) is 59.2 Å². The van der Waals surface area contributed by atoms with Gasteiger partial charge in [-0.05, 0) is 49.9 Å². The molecule has 1 aromatic heterocycles. The molecular formula is C40H52F6N16O4. The number of anilines is 6. The van der Waals surface area contributed by atoms with Gasteiger partial charge in [-0.3, -0.25) is 29.2 Å². The van der Waals surface area contributed by atoms with E-state index in [0.29, 0.717) is 64.0 Å². The molecule has 26 heteroatoms. The summed E-state index contributed by atoms with van der Waals surface area (Å²) in [4.78, 5) is 72.8. The van der Waals surface area contributed by atoms with Gasteiger partial charge in [-0.1, -0.05) is 0 Å². The van der Waals surface area contributed by atoms with Crippen LogP contribution >= 0.6 is 0 Å². The van der Waals surface area contributed by atoms with Crippen molar-refractivity contribution in [2.75, 3.05) is 96.5 Å². The predicted molar refractivity (Wildman–Crippen MR) is 237 cm³/mol. The van der Waals surface area contributed by atoms with Gasteiger partial charge >= 0.3 is 12.4 Å². The van der Waals surface area contributed by atoms with E-state index in [1.54, 1.807) is 9.80 Å². The molecule has 2 aliphatic rings. The molecule has 0 radical (unpaired) electrons. The molecule has 0 saturated carbocycles. The standard InChI is InChI=1S/C40H52F6N16O4/c41-39(42,43)23-17-25(57-31(63)5-1-3-7-53-37(47)48)33(61-13-9-51-10-14-61)27(19-23)59-35(65)29-21-30(56-22-55-29)36(66)60-28-20-24(40(44,45)46)18-26(34(28)62-15-11-52-12-16-62)58-32(64)6-2-4-8-54-38(49)50/h17-22,51-52H,1-16H2,(H,57,63)(H,58,64)(H,59,65)(H,60,66)(H4,47,48,53)(H4,49,50,54). The number of hydrogen-bond acceptors (Lipinski definition) is 12. The molecule has 2 saturated heterocycles. The Morgan fingerprint density at radius 3 is 1.24 bits per heavy atom. The highest BCUT2D eigenvalue weighted by Gasteiger charge is 2.36. The number of benzene rings is 2. The molecular weight excluding hydrogens is 883 g/mol. The van der Waals surface area contributed by atoms with Crippen LogP contribution < -0.4 is 64.6 Å². The number of alkyl halides is 6. The molecule has 2 aromatic carbocycles. The normalized spacial score (nSPS) is 14.2. The summed E-state index contributed by atoms with van der Waals surface area (Å²) in [7, 11) is 0. The lowest BCUT2D eigenvalue weighted by Crippen LogP contribution is -2.44. The summed E-state index contributed by atoms with van der Waals surface area (Å²) in [6, 6.07) is 3.88. The molecule has 0 bridgehead atoms. The minimum absolute atomic E-state index is 0.0811. The van der Waals surface area contributed by atoms with E-state index in [0.717, 1.165) is 24.5 Å². The van der Waals surface area contributed by atoms with Gasteiger partial charge in [-0.25, -0.2) is 9.97 Å². The van der Waals surface area contributed by atoms with Gasteiger partial charge in [0, 0.05) is 84.4 Å². The first-order chi connectivity index (χ1) is 31.3. The van der Waals surface area contributed by atoms with E-state index in [9.17, 15) is 45.5 Å². The number of hydrogen-bond donors (Lipinski definition) is 10. The molecule has 0 spiro atoms. The third-order valence-corrected chi connectivity index (χ3v) is 10.1. The molecule has 2 aliphatic heterocycles. The van der Waals surface area contributed by atoms with Crippen molar-refractivity contribution in [3.63, 3.8) is 0 Å².